The molecule has 4 nitrogen and oxygen atoms in total. The summed E-state index contributed by atoms with van der Waals surface area (Å²) >= 11 is 0. The minimum Gasteiger partial charge on any atom is -0.457 e. The molecule has 0 N–H and O–H groups in total. The predicted octanol–water partition coefficient (Wildman–Crippen LogP) is 1.13. The molecule has 4 heteroatoms. The van der Waals surface area contributed by atoms with E-state index in [1.54, 1.807) is 0 Å². The molecule has 0 bridgehead atoms. The molecule has 2 fully saturated rings. The van der Waals surface area contributed by atoms with Crippen molar-refractivity contribution in [2.75, 3.05) is 13.2 Å². The number of hydrogen-bond donors (Lipinski definition) is 0. The Morgan fingerprint density at radius 2 is 2.07 bits per heavy atom. The Kier molecular flexibility index (Phi) is 2.73. The minimum atomic E-state index is -0.462. The van der Waals surface area contributed by atoms with Crippen molar-refractivity contribution in [3.63, 3.8) is 0 Å². The molecule has 2 rings (SSSR count). The number of ether oxygens (including phenoxy) is 3. The molecule has 0 radical (unpaired) electrons. The fraction of sp³-hybridized carbons (Fsp3) is 0.909. The van der Waals surface area contributed by atoms with Crippen molar-refractivity contribution >= 4 is 5.97 Å². The number of esters is 1. The Morgan fingerprint density at radius 1 is 1.33 bits per heavy atom. The van der Waals surface area contributed by atoms with Crippen molar-refractivity contribution in [1.82, 2.24) is 0 Å². The molecule has 0 aromatic heterocycles. The Labute approximate surface area is 89.9 Å². The lowest BCUT2D eigenvalue weighted by Gasteiger charge is -2.22. The highest BCUT2D eigenvalue weighted by atomic mass is 16.6. The van der Waals surface area contributed by atoms with E-state index in [4.69, 9.17) is 14.2 Å². The first kappa shape index (κ1) is 10.9. The maximum atomic E-state index is 11.7. The fourth-order valence-electron chi connectivity index (χ4n) is 1.85. The highest BCUT2D eigenvalue weighted by Gasteiger charge is 2.44. The quantitative estimate of drug-likeness (QED) is 0.614. The van der Waals surface area contributed by atoms with Gasteiger partial charge in [-0.15, -0.1) is 0 Å². The minimum absolute atomic E-state index is 0.0451. The average Bonchev–Trinajstić information content (AvgIpc) is 2.67. The van der Waals surface area contributed by atoms with Crippen molar-refractivity contribution in [2.24, 2.45) is 5.41 Å². The van der Waals surface area contributed by atoms with E-state index in [0.29, 0.717) is 13.2 Å². The lowest BCUT2D eigenvalue weighted by atomic mass is 9.97. The van der Waals surface area contributed by atoms with Gasteiger partial charge in [-0.1, -0.05) is 0 Å². The molecular formula is C11H18O4. The van der Waals surface area contributed by atoms with Crippen LogP contribution in [0.25, 0.3) is 0 Å². The van der Waals surface area contributed by atoms with Gasteiger partial charge in [-0.3, -0.25) is 4.79 Å². The molecule has 0 aromatic rings. The molecule has 86 valence electrons. The third-order valence-electron chi connectivity index (χ3n) is 2.79. The lowest BCUT2D eigenvalue weighted by Crippen LogP contribution is -2.36. The number of hydrogen-bond acceptors (Lipinski definition) is 4. The third-order valence-corrected chi connectivity index (χ3v) is 2.79. The van der Waals surface area contributed by atoms with Crippen LogP contribution in [0.3, 0.4) is 0 Å². The molecule has 2 heterocycles. The lowest BCUT2D eigenvalue weighted by molar-refractivity contribution is -0.163. The summed E-state index contributed by atoms with van der Waals surface area (Å²) in [5, 5.41) is 0. The summed E-state index contributed by atoms with van der Waals surface area (Å²) in [5.41, 5.74) is -0.462. The van der Waals surface area contributed by atoms with Gasteiger partial charge in [0.1, 0.15) is 6.10 Å². The predicted molar refractivity (Wildman–Crippen MR) is 53.4 cm³/mol. The van der Waals surface area contributed by atoms with Crippen LogP contribution in [0.5, 0.6) is 0 Å². The van der Waals surface area contributed by atoms with Gasteiger partial charge in [0, 0.05) is 6.61 Å². The van der Waals surface area contributed by atoms with Crippen LogP contribution >= 0.6 is 0 Å². The van der Waals surface area contributed by atoms with Crippen LogP contribution in [-0.4, -0.2) is 37.5 Å². The van der Waals surface area contributed by atoms with Crippen LogP contribution in [-0.2, 0) is 19.0 Å². The smallest absolute Gasteiger partial charge is 0.311 e. The molecule has 0 aliphatic carbocycles. The summed E-state index contributed by atoms with van der Waals surface area (Å²) in [5.74, 6) is -0.188. The van der Waals surface area contributed by atoms with E-state index in [-0.39, 0.29) is 24.3 Å². The molecule has 3 atom stereocenters. The van der Waals surface area contributed by atoms with Gasteiger partial charge in [-0.25, -0.2) is 0 Å². The number of fused-ring (bicyclic) bond motifs is 1. The Bertz CT molecular complexity index is 256. The van der Waals surface area contributed by atoms with E-state index in [9.17, 15) is 4.79 Å². The first-order valence-corrected chi connectivity index (χ1v) is 5.43. The van der Waals surface area contributed by atoms with E-state index in [1.807, 2.05) is 20.8 Å². The second kappa shape index (κ2) is 3.76. The molecular weight excluding hydrogens is 196 g/mol. The third kappa shape index (κ3) is 2.16. The summed E-state index contributed by atoms with van der Waals surface area (Å²) in [4.78, 5) is 11.7. The van der Waals surface area contributed by atoms with Crippen LogP contribution in [0.1, 0.15) is 27.2 Å². The average molecular weight is 214 g/mol. The van der Waals surface area contributed by atoms with Crippen LogP contribution in [0, 0.1) is 5.41 Å². The van der Waals surface area contributed by atoms with Crippen LogP contribution in [0.15, 0.2) is 0 Å². The molecule has 0 spiro atoms. The maximum absolute atomic E-state index is 11.7. The molecule has 2 aliphatic heterocycles. The molecule has 0 amide bonds. The van der Waals surface area contributed by atoms with Gasteiger partial charge in [0.15, 0.2) is 6.10 Å². The maximum Gasteiger partial charge on any atom is 0.311 e. The molecule has 0 saturated carbocycles. The van der Waals surface area contributed by atoms with Gasteiger partial charge in [-0.2, -0.15) is 0 Å². The normalized spacial score (nSPS) is 35.3. The SMILES string of the molecule is CC(C)(C)C(=O)O[C@@H]1CO[C@@H]2CCO[C@H]21. The number of rotatable bonds is 1. The second-order valence-corrected chi connectivity index (χ2v) is 5.19. The first-order chi connectivity index (χ1) is 6.98. The standard InChI is InChI=1S/C11H18O4/c1-11(2,3)10(12)15-8-6-14-7-4-5-13-9(7)8/h7-9H,4-6H2,1-3H3/t7-,8-,9-/m1/s1. The van der Waals surface area contributed by atoms with E-state index in [1.165, 1.54) is 0 Å². The molecule has 0 unspecified atom stereocenters. The van der Waals surface area contributed by atoms with Crippen LogP contribution in [0.2, 0.25) is 0 Å². The monoisotopic (exact) mass is 214 g/mol. The first-order valence-electron chi connectivity index (χ1n) is 5.43. The second-order valence-electron chi connectivity index (χ2n) is 5.19. The largest absolute Gasteiger partial charge is 0.457 e. The summed E-state index contributed by atoms with van der Waals surface area (Å²) in [6.45, 7) is 6.71. The molecule has 0 aromatic carbocycles. The zero-order chi connectivity index (χ0) is 11.1. The van der Waals surface area contributed by atoms with E-state index in [0.717, 1.165) is 6.42 Å². The van der Waals surface area contributed by atoms with Crippen molar-refractivity contribution in [2.45, 2.75) is 45.5 Å². The zero-order valence-electron chi connectivity index (χ0n) is 9.49. The zero-order valence-corrected chi connectivity index (χ0v) is 9.49. The van der Waals surface area contributed by atoms with E-state index >= 15 is 0 Å². The topological polar surface area (TPSA) is 44.8 Å². The fourth-order valence-corrected chi connectivity index (χ4v) is 1.85. The van der Waals surface area contributed by atoms with Crippen molar-refractivity contribution in [1.29, 1.82) is 0 Å². The molecule has 15 heavy (non-hydrogen) atoms. The van der Waals surface area contributed by atoms with Gasteiger partial charge < -0.3 is 14.2 Å². The van der Waals surface area contributed by atoms with Crippen molar-refractivity contribution < 1.29 is 19.0 Å². The summed E-state index contributed by atoms with van der Waals surface area (Å²) in [6, 6.07) is 0. The Morgan fingerprint density at radius 3 is 2.73 bits per heavy atom. The Hall–Kier alpha value is -0.610. The van der Waals surface area contributed by atoms with Crippen molar-refractivity contribution in [3.8, 4) is 0 Å². The number of carbonyl (C=O) groups is 1. The van der Waals surface area contributed by atoms with Gasteiger partial charge >= 0.3 is 5.97 Å². The van der Waals surface area contributed by atoms with Gasteiger partial charge in [0.2, 0.25) is 0 Å². The summed E-state index contributed by atoms with van der Waals surface area (Å²) in [6.07, 6.45) is 0.775. The highest BCUT2D eigenvalue weighted by Crippen LogP contribution is 2.29. The Balaban J connectivity index is 1.93. The summed E-state index contributed by atoms with van der Waals surface area (Å²) in [7, 11) is 0. The van der Waals surface area contributed by atoms with Gasteiger partial charge in [0.25, 0.3) is 0 Å². The van der Waals surface area contributed by atoms with E-state index in [2.05, 4.69) is 0 Å². The highest BCUT2D eigenvalue weighted by molar-refractivity contribution is 5.75. The van der Waals surface area contributed by atoms with Crippen molar-refractivity contribution in [3.05, 3.63) is 0 Å². The molecule has 2 saturated heterocycles. The van der Waals surface area contributed by atoms with Crippen LogP contribution in [0.4, 0.5) is 0 Å². The van der Waals surface area contributed by atoms with Gasteiger partial charge in [0.05, 0.1) is 18.1 Å². The van der Waals surface area contributed by atoms with E-state index < -0.39 is 5.41 Å². The van der Waals surface area contributed by atoms with Crippen LogP contribution < -0.4 is 0 Å². The van der Waals surface area contributed by atoms with Gasteiger partial charge in [-0.05, 0) is 27.2 Å². The summed E-state index contributed by atoms with van der Waals surface area (Å²) < 4.78 is 16.4. The molecule has 2 aliphatic rings. The number of carbonyl (C=O) groups excluding carboxylic acids is 1.